The summed E-state index contributed by atoms with van der Waals surface area (Å²) in [6.45, 7) is 3.81. The minimum Gasteiger partial charge on any atom is -0.350 e. The maximum absolute atomic E-state index is 12.7. The van der Waals surface area contributed by atoms with Crippen molar-refractivity contribution in [2.75, 3.05) is 23.7 Å². The van der Waals surface area contributed by atoms with Crippen LogP contribution in [0.1, 0.15) is 24.8 Å². The van der Waals surface area contributed by atoms with Gasteiger partial charge in [0, 0.05) is 47.2 Å². The van der Waals surface area contributed by atoms with E-state index >= 15 is 0 Å². The molecule has 1 amide bonds. The highest BCUT2D eigenvalue weighted by molar-refractivity contribution is 6.08. The largest absolute Gasteiger partial charge is 0.397 e. The summed E-state index contributed by atoms with van der Waals surface area (Å²) in [6, 6.07) is 14.7. The molecule has 2 aromatic carbocycles. The van der Waals surface area contributed by atoms with E-state index in [9.17, 15) is 18.0 Å². The Bertz CT molecular complexity index is 1470. The van der Waals surface area contributed by atoms with Crippen molar-refractivity contribution in [3.63, 3.8) is 0 Å². The van der Waals surface area contributed by atoms with Crippen LogP contribution in [0.4, 0.5) is 24.8 Å². The molecule has 4 aromatic rings. The highest BCUT2D eigenvalue weighted by Crippen LogP contribution is 2.38. The maximum atomic E-state index is 12.7. The smallest absolute Gasteiger partial charge is 0.350 e. The highest BCUT2D eigenvalue weighted by Gasteiger charge is 2.31. The van der Waals surface area contributed by atoms with Crippen molar-refractivity contribution in [1.82, 2.24) is 20.3 Å². The van der Waals surface area contributed by atoms with E-state index < -0.39 is 18.5 Å². The van der Waals surface area contributed by atoms with Crippen LogP contribution >= 0.6 is 0 Å². The zero-order chi connectivity index (χ0) is 26.7. The summed E-state index contributed by atoms with van der Waals surface area (Å²) < 4.78 is 38.2. The van der Waals surface area contributed by atoms with E-state index in [2.05, 4.69) is 20.9 Å². The van der Waals surface area contributed by atoms with Gasteiger partial charge in [-0.1, -0.05) is 24.3 Å². The molecule has 1 fully saturated rings. The number of piperidine rings is 1. The van der Waals surface area contributed by atoms with E-state index in [1.165, 1.54) is 0 Å². The van der Waals surface area contributed by atoms with E-state index in [0.717, 1.165) is 48.0 Å². The lowest BCUT2D eigenvalue weighted by atomic mass is 9.93. The Morgan fingerprint density at radius 3 is 2.71 bits per heavy atom. The summed E-state index contributed by atoms with van der Waals surface area (Å²) in [5.74, 6) is -0.574. The molecule has 5 rings (SSSR count). The number of carbonyl (C=O) groups excluding carboxylic acids is 1. The molecule has 196 valence electrons. The number of nitrogens with zero attached hydrogens (tertiary/aromatic N) is 3. The molecule has 3 N–H and O–H groups in total. The van der Waals surface area contributed by atoms with Crippen molar-refractivity contribution in [1.29, 1.82) is 0 Å². The Hall–Kier alpha value is -4.05. The number of fused-ring (bicyclic) bond motifs is 1. The minimum absolute atomic E-state index is 0.249. The van der Waals surface area contributed by atoms with Gasteiger partial charge in [0.2, 0.25) is 11.9 Å². The molecule has 10 heteroatoms. The Balaban J connectivity index is 1.54. The third kappa shape index (κ3) is 5.75. The minimum atomic E-state index is -4.59. The standard InChI is InChI=1S/C28H27F3N6O/c1-17-9-10-19-20(6-2-8-22(19)36-24(38)15-28(29,30)31)25(17)26-21(7-4-13-33-26)23-11-14-34-27(37-23)35-18-5-3-12-32-16-18/h2,4,6-11,13-14,18,32H,3,5,12,15-16H2,1H3,(H,36,38)(H,34,35,37)/t18-/m0/s1. The van der Waals surface area contributed by atoms with Gasteiger partial charge in [-0.3, -0.25) is 9.78 Å². The average Bonchev–Trinajstić information content (AvgIpc) is 2.88. The van der Waals surface area contributed by atoms with Gasteiger partial charge in [0.1, 0.15) is 6.42 Å². The molecule has 1 saturated heterocycles. The summed E-state index contributed by atoms with van der Waals surface area (Å²) >= 11 is 0. The molecule has 1 aliphatic rings. The van der Waals surface area contributed by atoms with Gasteiger partial charge >= 0.3 is 6.18 Å². The highest BCUT2D eigenvalue weighted by atomic mass is 19.4. The first-order chi connectivity index (χ1) is 18.3. The van der Waals surface area contributed by atoms with Crippen molar-refractivity contribution in [2.45, 2.75) is 38.4 Å². The van der Waals surface area contributed by atoms with Gasteiger partial charge in [-0.05, 0) is 61.5 Å². The summed E-state index contributed by atoms with van der Waals surface area (Å²) in [5.41, 5.74) is 4.22. The van der Waals surface area contributed by atoms with E-state index in [1.807, 2.05) is 37.3 Å². The number of carbonyl (C=O) groups is 1. The number of benzene rings is 2. The molecular weight excluding hydrogens is 493 g/mol. The van der Waals surface area contributed by atoms with E-state index in [-0.39, 0.29) is 6.04 Å². The zero-order valence-corrected chi connectivity index (χ0v) is 20.8. The van der Waals surface area contributed by atoms with Gasteiger partial charge in [0.15, 0.2) is 0 Å². The second-order valence-corrected chi connectivity index (χ2v) is 9.35. The molecule has 0 spiro atoms. The Morgan fingerprint density at radius 2 is 1.92 bits per heavy atom. The number of hydrogen-bond acceptors (Lipinski definition) is 6. The van der Waals surface area contributed by atoms with Crippen molar-refractivity contribution >= 4 is 28.3 Å². The summed E-state index contributed by atoms with van der Waals surface area (Å²) in [5, 5.41) is 10.6. The third-order valence-corrected chi connectivity index (χ3v) is 6.51. The van der Waals surface area contributed by atoms with Crippen LogP contribution in [0, 0.1) is 6.92 Å². The normalized spacial score (nSPS) is 15.8. The predicted octanol–water partition coefficient (Wildman–Crippen LogP) is 5.72. The first-order valence-corrected chi connectivity index (χ1v) is 12.4. The molecule has 2 aromatic heterocycles. The SMILES string of the molecule is Cc1ccc2c(NC(=O)CC(F)(F)F)cccc2c1-c1ncccc1-c1ccnc(N[C@H]2CCCNC2)n1. The number of nitrogens with one attached hydrogen (secondary N) is 3. The van der Waals surface area contributed by atoms with Crippen molar-refractivity contribution < 1.29 is 18.0 Å². The van der Waals surface area contributed by atoms with E-state index in [4.69, 9.17) is 9.97 Å². The van der Waals surface area contributed by atoms with E-state index in [0.29, 0.717) is 28.4 Å². The fraction of sp³-hybridized carbons (Fsp3) is 0.286. The van der Waals surface area contributed by atoms with Crippen molar-refractivity contribution in [3.05, 3.63) is 66.5 Å². The second-order valence-electron chi connectivity index (χ2n) is 9.35. The summed E-state index contributed by atoms with van der Waals surface area (Å²) in [4.78, 5) is 25.9. The van der Waals surface area contributed by atoms with Crippen LogP contribution in [-0.2, 0) is 4.79 Å². The molecule has 0 aliphatic carbocycles. The summed E-state index contributed by atoms with van der Waals surface area (Å²) in [6.07, 6.45) is -0.605. The van der Waals surface area contributed by atoms with Gasteiger partial charge in [-0.15, -0.1) is 0 Å². The Kier molecular flexibility index (Phi) is 7.24. The molecule has 1 atom stereocenters. The molecule has 3 heterocycles. The van der Waals surface area contributed by atoms with E-state index in [1.54, 1.807) is 30.6 Å². The Morgan fingerprint density at radius 1 is 1.05 bits per heavy atom. The molecule has 0 radical (unpaired) electrons. The molecule has 38 heavy (non-hydrogen) atoms. The molecule has 0 saturated carbocycles. The molecule has 7 nitrogen and oxygen atoms in total. The lowest BCUT2D eigenvalue weighted by molar-refractivity contribution is -0.150. The van der Waals surface area contributed by atoms with Gasteiger partial charge in [-0.25, -0.2) is 9.97 Å². The molecule has 1 aliphatic heterocycles. The lowest BCUT2D eigenvalue weighted by Gasteiger charge is -2.23. The first-order valence-electron chi connectivity index (χ1n) is 12.4. The van der Waals surface area contributed by atoms with Crippen LogP contribution in [0.25, 0.3) is 33.3 Å². The van der Waals surface area contributed by atoms with Crippen molar-refractivity contribution in [3.8, 4) is 22.5 Å². The molecule has 0 unspecified atom stereocenters. The van der Waals surface area contributed by atoms with Crippen LogP contribution in [0.5, 0.6) is 0 Å². The zero-order valence-electron chi connectivity index (χ0n) is 20.8. The fourth-order valence-corrected chi connectivity index (χ4v) is 4.81. The van der Waals surface area contributed by atoms with Gasteiger partial charge < -0.3 is 16.0 Å². The predicted molar refractivity (Wildman–Crippen MR) is 142 cm³/mol. The van der Waals surface area contributed by atoms with Crippen LogP contribution < -0.4 is 16.0 Å². The molecule has 0 bridgehead atoms. The quantitative estimate of drug-likeness (QED) is 0.301. The Labute approximate surface area is 217 Å². The number of halogens is 3. The van der Waals surface area contributed by atoms with Crippen LogP contribution in [0.2, 0.25) is 0 Å². The number of aromatic nitrogens is 3. The average molecular weight is 521 g/mol. The number of aryl methyl sites for hydroxylation is 1. The second kappa shape index (κ2) is 10.7. The maximum Gasteiger partial charge on any atom is 0.397 e. The number of anilines is 2. The fourth-order valence-electron chi connectivity index (χ4n) is 4.81. The van der Waals surface area contributed by atoms with Gasteiger partial charge in [0.25, 0.3) is 0 Å². The number of rotatable bonds is 6. The number of amides is 1. The van der Waals surface area contributed by atoms with Gasteiger partial charge in [-0.2, -0.15) is 13.2 Å². The summed E-state index contributed by atoms with van der Waals surface area (Å²) in [7, 11) is 0. The third-order valence-electron chi connectivity index (χ3n) is 6.51. The first kappa shape index (κ1) is 25.6. The topological polar surface area (TPSA) is 91.8 Å². The number of alkyl halides is 3. The molecular formula is C28H27F3N6O. The van der Waals surface area contributed by atoms with Crippen LogP contribution in [0.3, 0.4) is 0 Å². The van der Waals surface area contributed by atoms with Gasteiger partial charge in [0.05, 0.1) is 11.4 Å². The van der Waals surface area contributed by atoms with Crippen LogP contribution in [-0.4, -0.2) is 46.2 Å². The van der Waals surface area contributed by atoms with Crippen molar-refractivity contribution in [2.24, 2.45) is 0 Å². The lowest BCUT2D eigenvalue weighted by Crippen LogP contribution is -2.38. The number of hydrogen-bond donors (Lipinski definition) is 3. The number of pyridine rings is 1. The van der Waals surface area contributed by atoms with Crippen LogP contribution in [0.15, 0.2) is 60.9 Å². The monoisotopic (exact) mass is 520 g/mol.